The zero-order chi connectivity index (χ0) is 24.6. The number of pyridine rings is 1. The van der Waals surface area contributed by atoms with Crippen molar-refractivity contribution < 1.29 is 13.2 Å². The normalized spacial score (nSPS) is 14.5. The van der Waals surface area contributed by atoms with Gasteiger partial charge in [-0.1, -0.05) is 29.0 Å². The molecule has 10 heteroatoms. The van der Waals surface area contributed by atoms with Gasteiger partial charge >= 0.3 is 0 Å². The highest BCUT2D eigenvalue weighted by Gasteiger charge is 2.28. The lowest BCUT2D eigenvalue weighted by Gasteiger charge is -2.20. The molecule has 1 fully saturated rings. The molecule has 1 saturated heterocycles. The van der Waals surface area contributed by atoms with Gasteiger partial charge in [-0.15, -0.1) is 0 Å². The number of hydrogen-bond donors (Lipinski definition) is 0. The molecule has 1 amide bonds. The molecule has 1 aliphatic rings. The highest BCUT2D eigenvalue weighted by atomic mass is 35.5. The number of halogens is 1. The Morgan fingerprint density at radius 3 is 2.54 bits per heavy atom. The molecule has 0 unspecified atom stereocenters. The van der Waals surface area contributed by atoms with Crippen molar-refractivity contribution in [3.8, 4) is 0 Å². The Hall–Kier alpha value is -2.85. The first-order valence-corrected chi connectivity index (χ1v) is 13.8. The molecule has 3 heterocycles. The van der Waals surface area contributed by atoms with Crippen molar-refractivity contribution >= 4 is 54.2 Å². The Morgan fingerprint density at radius 1 is 1.11 bits per heavy atom. The van der Waals surface area contributed by atoms with Crippen LogP contribution < -0.4 is 4.90 Å². The molecule has 2 aromatic heterocycles. The van der Waals surface area contributed by atoms with E-state index in [-0.39, 0.29) is 17.3 Å². The highest BCUT2D eigenvalue weighted by molar-refractivity contribution is 7.89. The molecule has 4 aromatic rings. The number of rotatable bonds is 6. The van der Waals surface area contributed by atoms with E-state index in [1.54, 1.807) is 23.2 Å². The Labute approximate surface area is 213 Å². The van der Waals surface area contributed by atoms with Crippen LogP contribution >= 0.6 is 22.9 Å². The maximum atomic E-state index is 13.7. The number of carbonyl (C=O) groups excluding carboxylic acids is 1. The van der Waals surface area contributed by atoms with Gasteiger partial charge in [0.05, 0.1) is 27.4 Å². The van der Waals surface area contributed by atoms with Gasteiger partial charge in [0, 0.05) is 29.9 Å². The fourth-order valence-electron chi connectivity index (χ4n) is 4.14. The minimum Gasteiger partial charge on any atom is -0.278 e. The van der Waals surface area contributed by atoms with E-state index in [0.717, 1.165) is 28.6 Å². The van der Waals surface area contributed by atoms with Crippen LogP contribution in [0.2, 0.25) is 5.02 Å². The van der Waals surface area contributed by atoms with Gasteiger partial charge in [0.2, 0.25) is 10.0 Å². The molecule has 0 spiro atoms. The summed E-state index contributed by atoms with van der Waals surface area (Å²) in [7, 11) is -3.55. The Balaban J connectivity index is 1.50. The smallest absolute Gasteiger partial charge is 0.260 e. The zero-order valence-corrected chi connectivity index (χ0v) is 21.4. The number of benzene rings is 2. The van der Waals surface area contributed by atoms with E-state index in [4.69, 9.17) is 16.6 Å². The number of fused-ring (bicyclic) bond motifs is 1. The lowest BCUT2D eigenvalue weighted by atomic mass is 10.2. The molecule has 0 atom stereocenters. The standard InChI is InChI=1S/C25H23ClN4O3S2/c1-17-14-19(26)15-22-23(17)28-25(34-22)30(16-20-6-2-3-11-27-20)24(31)18-7-9-21(10-8-18)35(32,33)29-12-4-5-13-29/h2-3,6-11,14-15H,4-5,12-13,16H2,1H3. The Kier molecular flexibility index (Phi) is 6.59. The first-order valence-electron chi connectivity index (χ1n) is 11.2. The van der Waals surface area contributed by atoms with Crippen molar-refractivity contribution in [2.45, 2.75) is 31.2 Å². The summed E-state index contributed by atoms with van der Waals surface area (Å²) < 4.78 is 28.1. The van der Waals surface area contributed by atoms with Crippen LogP contribution in [-0.4, -0.2) is 41.7 Å². The minimum absolute atomic E-state index is 0.192. The van der Waals surface area contributed by atoms with Crippen LogP contribution in [0.5, 0.6) is 0 Å². The summed E-state index contributed by atoms with van der Waals surface area (Å²) in [5.41, 5.74) is 2.80. The number of aromatic nitrogens is 2. The third-order valence-electron chi connectivity index (χ3n) is 5.97. The van der Waals surface area contributed by atoms with E-state index in [1.807, 2.05) is 37.3 Å². The number of hydrogen-bond acceptors (Lipinski definition) is 6. The van der Waals surface area contributed by atoms with Crippen LogP contribution in [0.1, 0.15) is 34.5 Å². The van der Waals surface area contributed by atoms with Crippen molar-refractivity contribution in [2.75, 3.05) is 18.0 Å². The Morgan fingerprint density at radius 2 is 1.86 bits per heavy atom. The molecule has 0 N–H and O–H groups in total. The average molecular weight is 527 g/mol. The van der Waals surface area contributed by atoms with Gasteiger partial charge in [-0.3, -0.25) is 14.7 Å². The molecular formula is C25H23ClN4O3S2. The van der Waals surface area contributed by atoms with E-state index < -0.39 is 10.0 Å². The lowest BCUT2D eigenvalue weighted by molar-refractivity contribution is 0.0984. The van der Waals surface area contributed by atoms with E-state index in [0.29, 0.717) is 34.5 Å². The van der Waals surface area contributed by atoms with Gasteiger partial charge in [0.1, 0.15) is 0 Å². The summed E-state index contributed by atoms with van der Waals surface area (Å²) in [5.74, 6) is -0.288. The fraction of sp³-hybridized carbons (Fsp3) is 0.240. The molecule has 0 radical (unpaired) electrons. The van der Waals surface area contributed by atoms with E-state index in [2.05, 4.69) is 4.98 Å². The number of carbonyl (C=O) groups is 1. The number of nitrogens with zero attached hydrogens (tertiary/aromatic N) is 4. The predicted octanol–water partition coefficient (Wildman–Crippen LogP) is 5.28. The zero-order valence-electron chi connectivity index (χ0n) is 19.0. The second-order valence-electron chi connectivity index (χ2n) is 8.41. The molecule has 1 aliphatic heterocycles. The van der Waals surface area contributed by atoms with E-state index in [1.165, 1.54) is 27.8 Å². The topological polar surface area (TPSA) is 83.5 Å². The molecule has 7 nitrogen and oxygen atoms in total. The summed E-state index contributed by atoms with van der Waals surface area (Å²) in [6, 6.07) is 15.3. The van der Waals surface area contributed by atoms with Gasteiger partial charge in [-0.2, -0.15) is 4.31 Å². The number of amides is 1. The van der Waals surface area contributed by atoms with Gasteiger partial charge in [0.15, 0.2) is 5.13 Å². The summed E-state index contributed by atoms with van der Waals surface area (Å²) in [4.78, 5) is 24.6. The minimum atomic E-state index is -3.55. The number of sulfonamides is 1. The molecule has 0 aliphatic carbocycles. The van der Waals surface area contributed by atoms with Crippen molar-refractivity contribution in [2.24, 2.45) is 0 Å². The van der Waals surface area contributed by atoms with Crippen molar-refractivity contribution in [1.29, 1.82) is 0 Å². The summed E-state index contributed by atoms with van der Waals surface area (Å²) in [6.45, 7) is 3.21. The molecule has 0 saturated carbocycles. The molecule has 0 bridgehead atoms. The summed E-state index contributed by atoms with van der Waals surface area (Å²) in [5, 5.41) is 1.14. The number of aryl methyl sites for hydroxylation is 1. The molecular weight excluding hydrogens is 504 g/mol. The number of anilines is 1. The average Bonchev–Trinajstić information content (AvgIpc) is 3.54. The van der Waals surface area contributed by atoms with Crippen LogP contribution in [0.4, 0.5) is 5.13 Å². The van der Waals surface area contributed by atoms with Crippen LogP contribution in [0.3, 0.4) is 0 Å². The molecule has 5 rings (SSSR count). The van der Waals surface area contributed by atoms with Gasteiger partial charge in [0.25, 0.3) is 5.91 Å². The van der Waals surface area contributed by atoms with Crippen molar-refractivity contribution in [1.82, 2.24) is 14.3 Å². The highest BCUT2D eigenvalue weighted by Crippen LogP contribution is 2.34. The first kappa shape index (κ1) is 23.9. The lowest BCUT2D eigenvalue weighted by Crippen LogP contribution is -2.31. The third kappa shape index (κ3) is 4.81. The fourth-order valence-corrected chi connectivity index (χ4v) is 7.08. The molecule has 180 valence electrons. The quantitative estimate of drug-likeness (QED) is 0.341. The van der Waals surface area contributed by atoms with Crippen LogP contribution in [0, 0.1) is 6.92 Å². The number of thiazole rings is 1. The largest absolute Gasteiger partial charge is 0.278 e. The van der Waals surface area contributed by atoms with E-state index in [9.17, 15) is 13.2 Å². The monoisotopic (exact) mass is 526 g/mol. The SMILES string of the molecule is Cc1cc(Cl)cc2sc(N(Cc3ccccn3)C(=O)c3ccc(S(=O)(=O)N4CCCC4)cc3)nc12. The van der Waals surface area contributed by atoms with Crippen molar-refractivity contribution in [3.63, 3.8) is 0 Å². The van der Waals surface area contributed by atoms with Crippen molar-refractivity contribution in [3.05, 3.63) is 82.6 Å². The van der Waals surface area contributed by atoms with Gasteiger partial charge in [-0.05, 0) is 73.9 Å². The first-order chi connectivity index (χ1) is 16.8. The van der Waals surface area contributed by atoms with Crippen LogP contribution in [0.25, 0.3) is 10.2 Å². The second kappa shape index (κ2) is 9.66. The Bertz CT molecular complexity index is 1480. The van der Waals surface area contributed by atoms with Crippen LogP contribution in [0.15, 0.2) is 65.7 Å². The van der Waals surface area contributed by atoms with Gasteiger partial charge < -0.3 is 0 Å². The predicted molar refractivity (Wildman–Crippen MR) is 139 cm³/mol. The van der Waals surface area contributed by atoms with Gasteiger partial charge in [-0.25, -0.2) is 13.4 Å². The molecule has 35 heavy (non-hydrogen) atoms. The third-order valence-corrected chi connectivity index (χ3v) is 9.12. The van der Waals surface area contributed by atoms with E-state index >= 15 is 0 Å². The molecule has 2 aromatic carbocycles. The van der Waals surface area contributed by atoms with Crippen LogP contribution in [-0.2, 0) is 16.6 Å². The second-order valence-corrected chi connectivity index (χ2v) is 11.8. The maximum absolute atomic E-state index is 13.7. The maximum Gasteiger partial charge on any atom is 0.260 e. The summed E-state index contributed by atoms with van der Waals surface area (Å²) >= 11 is 7.61. The summed E-state index contributed by atoms with van der Waals surface area (Å²) in [6.07, 6.45) is 3.41.